The number of carbonyl (C=O) groups is 2. The van der Waals surface area contributed by atoms with Crippen LogP contribution in [0.15, 0.2) is 11.6 Å². The summed E-state index contributed by atoms with van der Waals surface area (Å²) >= 11 is 1.31. The number of nitrogens with zero attached hydrogens (tertiary/aromatic N) is 2. The van der Waals surface area contributed by atoms with Gasteiger partial charge in [0.05, 0.1) is 0 Å². The predicted octanol–water partition coefficient (Wildman–Crippen LogP) is 1.72. The number of hydrogen-bond donors (Lipinski definition) is 1. The Morgan fingerprint density at radius 1 is 1.56 bits per heavy atom. The molecule has 1 amide bonds. The molecule has 5 nitrogen and oxygen atoms in total. The molecule has 0 aliphatic carbocycles. The normalized spacial score (nSPS) is 20.8. The number of hydrogen-bond acceptors (Lipinski definition) is 4. The highest BCUT2D eigenvalue weighted by Crippen LogP contribution is 2.21. The fourth-order valence-electron chi connectivity index (χ4n) is 1.88. The van der Waals surface area contributed by atoms with Crippen molar-refractivity contribution >= 4 is 23.2 Å². The van der Waals surface area contributed by atoms with E-state index in [-0.39, 0.29) is 11.7 Å². The number of ketones is 1. The summed E-state index contributed by atoms with van der Waals surface area (Å²) in [4.78, 5) is 28.0. The highest BCUT2D eigenvalue weighted by molar-refractivity contribution is 7.11. The van der Waals surface area contributed by atoms with Crippen LogP contribution in [0, 0.1) is 5.92 Å². The van der Waals surface area contributed by atoms with Crippen LogP contribution in [-0.2, 0) is 0 Å². The number of rotatable bonds is 2. The molecule has 0 radical (unpaired) electrons. The molecule has 1 fully saturated rings. The van der Waals surface area contributed by atoms with Gasteiger partial charge in [-0.2, -0.15) is 0 Å². The van der Waals surface area contributed by atoms with Crippen LogP contribution in [0.25, 0.3) is 0 Å². The van der Waals surface area contributed by atoms with Gasteiger partial charge in [0.15, 0.2) is 10.8 Å². The van der Waals surface area contributed by atoms with Gasteiger partial charge in [0, 0.05) is 30.6 Å². The Hall–Kier alpha value is -1.43. The molecule has 2 rings (SSSR count). The second-order valence-electron chi connectivity index (χ2n) is 3.77. The smallest absolute Gasteiger partial charge is 0.407 e. The molecule has 0 aromatic carbocycles. The van der Waals surface area contributed by atoms with Crippen LogP contribution in [0.5, 0.6) is 0 Å². The molecule has 1 aromatic heterocycles. The molecule has 0 bridgehead atoms. The van der Waals surface area contributed by atoms with Crippen molar-refractivity contribution in [2.45, 2.75) is 12.8 Å². The largest absolute Gasteiger partial charge is 0.465 e. The number of piperidine rings is 1. The Morgan fingerprint density at radius 2 is 2.38 bits per heavy atom. The summed E-state index contributed by atoms with van der Waals surface area (Å²) in [7, 11) is 0. The van der Waals surface area contributed by atoms with Crippen molar-refractivity contribution in [2.75, 3.05) is 13.1 Å². The highest BCUT2D eigenvalue weighted by atomic mass is 32.1. The summed E-state index contributed by atoms with van der Waals surface area (Å²) in [5.41, 5.74) is 0. The molecule has 1 atom stereocenters. The summed E-state index contributed by atoms with van der Waals surface area (Å²) < 4.78 is 0. The van der Waals surface area contributed by atoms with Crippen LogP contribution in [0.2, 0.25) is 0 Å². The maximum Gasteiger partial charge on any atom is 0.407 e. The monoisotopic (exact) mass is 240 g/mol. The average Bonchev–Trinajstić information content (AvgIpc) is 2.81. The van der Waals surface area contributed by atoms with Gasteiger partial charge in [0.1, 0.15) is 0 Å². The minimum atomic E-state index is -0.948. The van der Waals surface area contributed by atoms with Crippen molar-refractivity contribution in [2.24, 2.45) is 5.92 Å². The number of Topliss-reactive ketones (excluding diaryl/α,β-unsaturated/α-hetero) is 1. The van der Waals surface area contributed by atoms with Crippen LogP contribution >= 0.6 is 11.3 Å². The van der Waals surface area contributed by atoms with Gasteiger partial charge < -0.3 is 10.0 Å². The van der Waals surface area contributed by atoms with E-state index >= 15 is 0 Å². The van der Waals surface area contributed by atoms with Crippen LogP contribution in [0.4, 0.5) is 4.79 Å². The first kappa shape index (κ1) is 11.1. The summed E-state index contributed by atoms with van der Waals surface area (Å²) in [5.74, 6) is -0.253. The van der Waals surface area contributed by atoms with E-state index in [9.17, 15) is 9.59 Å². The zero-order valence-corrected chi connectivity index (χ0v) is 9.44. The third-order valence-electron chi connectivity index (χ3n) is 2.71. The van der Waals surface area contributed by atoms with Gasteiger partial charge >= 0.3 is 6.09 Å². The minimum Gasteiger partial charge on any atom is -0.465 e. The van der Waals surface area contributed by atoms with Gasteiger partial charge in [0.2, 0.25) is 0 Å². The third-order valence-corrected chi connectivity index (χ3v) is 3.49. The zero-order chi connectivity index (χ0) is 11.5. The maximum absolute atomic E-state index is 12.0. The minimum absolute atomic E-state index is 0.0269. The number of aromatic nitrogens is 1. The lowest BCUT2D eigenvalue weighted by molar-refractivity contribution is 0.0806. The number of likely N-dealkylation sites (tertiary alicyclic amines) is 1. The first-order valence-electron chi connectivity index (χ1n) is 5.10. The Bertz CT molecular complexity index is 391. The fourth-order valence-corrected chi connectivity index (χ4v) is 2.54. The van der Waals surface area contributed by atoms with Gasteiger partial charge in [-0.15, -0.1) is 11.3 Å². The van der Waals surface area contributed by atoms with E-state index in [1.54, 1.807) is 11.6 Å². The lowest BCUT2D eigenvalue weighted by atomic mass is 9.94. The molecule has 86 valence electrons. The summed E-state index contributed by atoms with van der Waals surface area (Å²) in [6.45, 7) is 0.824. The molecular formula is C10H12N2O3S. The van der Waals surface area contributed by atoms with Crippen LogP contribution in [-0.4, -0.2) is 40.0 Å². The number of carboxylic acid groups (broad SMARTS) is 1. The predicted molar refractivity (Wildman–Crippen MR) is 58.8 cm³/mol. The lowest BCUT2D eigenvalue weighted by Gasteiger charge is -2.29. The van der Waals surface area contributed by atoms with E-state index in [1.807, 2.05) is 0 Å². The molecule has 1 saturated heterocycles. The molecule has 1 unspecified atom stereocenters. The van der Waals surface area contributed by atoms with Crippen LogP contribution < -0.4 is 0 Å². The summed E-state index contributed by atoms with van der Waals surface area (Å²) in [6.07, 6.45) is 2.14. The van der Waals surface area contributed by atoms with E-state index in [0.717, 1.165) is 12.8 Å². The first-order chi connectivity index (χ1) is 7.68. The van der Waals surface area contributed by atoms with Gasteiger partial charge in [-0.1, -0.05) is 0 Å². The summed E-state index contributed by atoms with van der Waals surface area (Å²) in [5, 5.41) is 11.1. The van der Waals surface area contributed by atoms with Gasteiger partial charge in [-0.25, -0.2) is 9.78 Å². The number of carbonyl (C=O) groups excluding carboxylic acids is 1. The van der Waals surface area contributed by atoms with E-state index in [2.05, 4.69) is 4.98 Å². The Labute approximate surface area is 96.7 Å². The maximum atomic E-state index is 12.0. The van der Waals surface area contributed by atoms with Crippen molar-refractivity contribution < 1.29 is 14.7 Å². The molecule has 16 heavy (non-hydrogen) atoms. The van der Waals surface area contributed by atoms with Crippen molar-refractivity contribution in [3.63, 3.8) is 0 Å². The number of thiazole rings is 1. The lowest BCUT2D eigenvalue weighted by Crippen LogP contribution is -2.41. The van der Waals surface area contributed by atoms with Crippen molar-refractivity contribution in [1.82, 2.24) is 9.88 Å². The zero-order valence-electron chi connectivity index (χ0n) is 8.63. The second-order valence-corrected chi connectivity index (χ2v) is 4.66. The Balaban J connectivity index is 2.05. The Morgan fingerprint density at radius 3 is 3.00 bits per heavy atom. The van der Waals surface area contributed by atoms with Crippen LogP contribution in [0.1, 0.15) is 22.6 Å². The number of amides is 1. The van der Waals surface area contributed by atoms with Crippen molar-refractivity contribution in [3.8, 4) is 0 Å². The van der Waals surface area contributed by atoms with E-state index in [1.165, 1.54) is 16.2 Å². The van der Waals surface area contributed by atoms with Crippen LogP contribution in [0.3, 0.4) is 0 Å². The molecule has 1 N–H and O–H groups in total. The molecule has 2 heterocycles. The average molecular weight is 240 g/mol. The van der Waals surface area contributed by atoms with E-state index in [4.69, 9.17) is 5.11 Å². The highest BCUT2D eigenvalue weighted by Gasteiger charge is 2.29. The second kappa shape index (κ2) is 4.61. The van der Waals surface area contributed by atoms with E-state index in [0.29, 0.717) is 18.1 Å². The van der Waals surface area contributed by atoms with Gasteiger partial charge in [0.25, 0.3) is 0 Å². The van der Waals surface area contributed by atoms with Gasteiger partial charge in [-0.3, -0.25) is 4.79 Å². The molecule has 6 heteroatoms. The van der Waals surface area contributed by atoms with Crippen molar-refractivity contribution in [3.05, 3.63) is 16.6 Å². The summed E-state index contributed by atoms with van der Waals surface area (Å²) in [6, 6.07) is 0. The quantitative estimate of drug-likeness (QED) is 0.799. The standard InChI is InChI=1S/C10H12N2O3S/c13-8(9-11-3-5-16-9)7-2-1-4-12(6-7)10(14)15/h3,5,7H,1-2,4,6H2,(H,14,15). The first-order valence-corrected chi connectivity index (χ1v) is 5.98. The van der Waals surface area contributed by atoms with Gasteiger partial charge in [-0.05, 0) is 12.8 Å². The molecule has 0 spiro atoms. The third kappa shape index (κ3) is 2.21. The topological polar surface area (TPSA) is 70.5 Å². The Kier molecular flexibility index (Phi) is 3.19. The fraction of sp³-hybridized carbons (Fsp3) is 0.500. The molecular weight excluding hydrogens is 228 g/mol. The molecule has 1 aliphatic rings. The molecule has 1 aromatic rings. The van der Waals surface area contributed by atoms with Crippen molar-refractivity contribution in [1.29, 1.82) is 0 Å². The van der Waals surface area contributed by atoms with E-state index < -0.39 is 6.09 Å². The SMILES string of the molecule is O=C(c1nccs1)C1CCCN(C(=O)O)C1. The molecule has 0 saturated carbocycles. The molecule has 1 aliphatic heterocycles.